The molecular formula is C29H33F3N6O4S. The van der Waals surface area contributed by atoms with Gasteiger partial charge in [-0.3, -0.25) is 19.7 Å². The van der Waals surface area contributed by atoms with E-state index in [1.165, 1.54) is 39.6 Å². The minimum absolute atomic E-state index is 0.0389. The van der Waals surface area contributed by atoms with E-state index in [2.05, 4.69) is 15.4 Å². The zero-order valence-corrected chi connectivity index (χ0v) is 25.0. The monoisotopic (exact) mass is 618 g/mol. The quantitative estimate of drug-likeness (QED) is 0.384. The smallest absolute Gasteiger partial charge is 0.338 e. The second-order valence-corrected chi connectivity index (χ2v) is 12.3. The molecular weight excluding hydrogens is 585 g/mol. The molecule has 3 aliphatic heterocycles. The number of fused-ring (bicyclic) bond motifs is 1. The number of thiazole rings is 1. The molecule has 10 nitrogen and oxygen atoms in total. The largest absolute Gasteiger partial charge is 0.481 e. The topological polar surface area (TPSA) is 120 Å². The number of esters is 1. The molecule has 43 heavy (non-hydrogen) atoms. The summed E-state index contributed by atoms with van der Waals surface area (Å²) >= 11 is 1.30. The predicted octanol–water partition coefficient (Wildman–Crippen LogP) is 3.99. The highest BCUT2D eigenvalue weighted by atomic mass is 32.1. The molecule has 0 amide bonds. The number of aliphatic carboxylic acids is 1. The molecule has 2 aromatic rings. The van der Waals surface area contributed by atoms with Gasteiger partial charge in [0.05, 0.1) is 30.2 Å². The maximum absolute atomic E-state index is 15.6. The molecule has 5 rings (SSSR count). The third kappa shape index (κ3) is 5.90. The lowest BCUT2D eigenvalue weighted by Crippen LogP contribution is -2.47. The molecule has 3 aliphatic rings. The molecule has 0 saturated carbocycles. The second-order valence-electron chi connectivity index (χ2n) is 11.4. The van der Waals surface area contributed by atoms with E-state index in [9.17, 15) is 19.1 Å². The number of halogens is 3. The number of carbonyl (C=O) groups excluding carboxylic acids is 1. The molecule has 14 heteroatoms. The lowest BCUT2D eigenvalue weighted by atomic mass is 9.89. The minimum Gasteiger partial charge on any atom is -0.481 e. The number of likely N-dealkylation sites (tertiary alicyclic amines) is 1. The molecule has 0 spiro atoms. The Kier molecular flexibility index (Phi) is 8.36. The molecule has 3 atom stereocenters. The van der Waals surface area contributed by atoms with Crippen molar-refractivity contribution in [3.8, 4) is 0 Å². The van der Waals surface area contributed by atoms with Gasteiger partial charge in [0.15, 0.2) is 10.8 Å². The Labute approximate surface area is 250 Å². The van der Waals surface area contributed by atoms with Crippen LogP contribution < -0.4 is 5.32 Å². The number of nitrogens with zero attached hydrogens (tertiary/aromatic N) is 5. The molecule has 0 bridgehead atoms. The number of aromatic nitrogens is 1. The molecule has 1 fully saturated rings. The summed E-state index contributed by atoms with van der Waals surface area (Å²) in [5.41, 5.74) is 0.0198. The van der Waals surface area contributed by atoms with Gasteiger partial charge in [-0.25, -0.2) is 22.9 Å². The van der Waals surface area contributed by atoms with E-state index < -0.39 is 53.8 Å². The van der Waals surface area contributed by atoms with Gasteiger partial charge in [0, 0.05) is 36.6 Å². The summed E-state index contributed by atoms with van der Waals surface area (Å²) in [5, 5.41) is 20.4. The van der Waals surface area contributed by atoms with Gasteiger partial charge in [0.25, 0.3) is 5.92 Å². The predicted molar refractivity (Wildman–Crippen MR) is 155 cm³/mol. The van der Waals surface area contributed by atoms with Gasteiger partial charge < -0.3 is 15.2 Å². The minimum atomic E-state index is -3.18. The molecule has 230 valence electrons. The summed E-state index contributed by atoms with van der Waals surface area (Å²) in [6, 6.07) is 1.43. The zero-order valence-electron chi connectivity index (χ0n) is 24.2. The van der Waals surface area contributed by atoms with Gasteiger partial charge in [-0.15, -0.1) is 11.3 Å². The highest BCUT2D eigenvalue weighted by molar-refractivity contribution is 7.11. The molecule has 1 saturated heterocycles. The standard InChI is InChI=1S/C29H33F3N6O4S/c1-5-42-26(39)21-19(35-24(25-33-10-12-43-25)36-22(21)17-7-6-8-18(30)16(17)2)14-37-15-29(31,32)23-20(37)13-34-38(23)11-9-28(3,4)27(40)41/h6-8,10,12-13,20,22-23H,5,9,11,14-15H2,1-4H3,(H,35,36)(H,40,41). The van der Waals surface area contributed by atoms with Crippen molar-refractivity contribution in [2.24, 2.45) is 15.5 Å². The van der Waals surface area contributed by atoms with Crippen LogP contribution in [0.5, 0.6) is 0 Å². The molecule has 0 radical (unpaired) electrons. The number of hydrogen-bond donors (Lipinski definition) is 2. The van der Waals surface area contributed by atoms with E-state index in [0.29, 0.717) is 27.7 Å². The number of carbonyl (C=O) groups is 2. The van der Waals surface area contributed by atoms with Crippen molar-refractivity contribution < 1.29 is 32.6 Å². The van der Waals surface area contributed by atoms with Crippen LogP contribution in [0.25, 0.3) is 0 Å². The van der Waals surface area contributed by atoms with Gasteiger partial charge in [0.2, 0.25) is 0 Å². The molecule has 1 aromatic carbocycles. The van der Waals surface area contributed by atoms with E-state index in [1.54, 1.807) is 45.3 Å². The van der Waals surface area contributed by atoms with Crippen LogP contribution in [0.2, 0.25) is 0 Å². The molecule has 4 heterocycles. The van der Waals surface area contributed by atoms with E-state index in [4.69, 9.17) is 9.73 Å². The summed E-state index contributed by atoms with van der Waals surface area (Å²) in [7, 11) is 0. The van der Waals surface area contributed by atoms with Crippen LogP contribution in [-0.4, -0.2) is 88.2 Å². The normalized spacial score (nSPS) is 23.3. The first-order valence-electron chi connectivity index (χ1n) is 13.9. The number of rotatable bonds is 10. The summed E-state index contributed by atoms with van der Waals surface area (Å²) in [6.45, 7) is 5.70. The first kappa shape index (κ1) is 30.7. The van der Waals surface area contributed by atoms with Gasteiger partial charge in [-0.2, -0.15) is 5.10 Å². The van der Waals surface area contributed by atoms with E-state index in [1.807, 2.05) is 0 Å². The summed E-state index contributed by atoms with van der Waals surface area (Å²) in [5.74, 6) is -5.04. The van der Waals surface area contributed by atoms with Crippen LogP contribution in [0.3, 0.4) is 0 Å². The lowest BCUT2D eigenvalue weighted by Gasteiger charge is -2.31. The van der Waals surface area contributed by atoms with E-state index >= 15 is 8.78 Å². The van der Waals surface area contributed by atoms with Crippen molar-refractivity contribution in [1.82, 2.24) is 20.2 Å². The van der Waals surface area contributed by atoms with Crippen molar-refractivity contribution >= 4 is 35.3 Å². The molecule has 1 aromatic heterocycles. The van der Waals surface area contributed by atoms with Crippen LogP contribution >= 0.6 is 11.3 Å². The van der Waals surface area contributed by atoms with Gasteiger partial charge in [0.1, 0.15) is 17.9 Å². The molecule has 2 N–H and O–H groups in total. The summed E-state index contributed by atoms with van der Waals surface area (Å²) in [6.07, 6.45) is 3.16. The average Bonchev–Trinajstić information content (AvgIpc) is 3.68. The van der Waals surface area contributed by atoms with Crippen LogP contribution in [0.1, 0.15) is 49.4 Å². The number of hydrazone groups is 1. The van der Waals surface area contributed by atoms with Crippen molar-refractivity contribution in [2.75, 3.05) is 26.2 Å². The number of aliphatic imine (C=N–C) groups is 1. The van der Waals surface area contributed by atoms with Crippen LogP contribution in [0, 0.1) is 18.2 Å². The first-order valence-corrected chi connectivity index (χ1v) is 14.8. The van der Waals surface area contributed by atoms with Crippen molar-refractivity contribution in [3.63, 3.8) is 0 Å². The van der Waals surface area contributed by atoms with Gasteiger partial charge in [-0.1, -0.05) is 12.1 Å². The second kappa shape index (κ2) is 11.7. The van der Waals surface area contributed by atoms with Crippen LogP contribution in [-0.2, 0) is 14.3 Å². The Balaban J connectivity index is 1.51. The number of carboxylic acids is 1. The van der Waals surface area contributed by atoms with Gasteiger partial charge >= 0.3 is 11.9 Å². The first-order chi connectivity index (χ1) is 20.3. The maximum atomic E-state index is 15.6. The summed E-state index contributed by atoms with van der Waals surface area (Å²) in [4.78, 5) is 35.6. The third-order valence-corrected chi connectivity index (χ3v) is 8.83. The molecule has 0 aliphatic carbocycles. The number of alkyl halides is 2. The van der Waals surface area contributed by atoms with E-state index in [-0.39, 0.29) is 31.7 Å². The highest BCUT2D eigenvalue weighted by Gasteiger charge is 2.59. The van der Waals surface area contributed by atoms with Crippen LogP contribution in [0.4, 0.5) is 13.2 Å². The maximum Gasteiger partial charge on any atom is 0.338 e. The Hall–Kier alpha value is -3.78. The number of amidine groups is 1. The highest BCUT2D eigenvalue weighted by Crippen LogP contribution is 2.41. The Morgan fingerprint density at radius 1 is 1.30 bits per heavy atom. The Morgan fingerprint density at radius 2 is 2.07 bits per heavy atom. The zero-order chi connectivity index (χ0) is 31.1. The fourth-order valence-corrected chi connectivity index (χ4v) is 6.13. The number of hydrogen-bond acceptors (Lipinski definition) is 10. The van der Waals surface area contributed by atoms with Crippen molar-refractivity contribution in [2.45, 2.75) is 58.2 Å². The average molecular weight is 619 g/mol. The Bertz CT molecular complexity index is 1490. The summed E-state index contributed by atoms with van der Waals surface area (Å²) < 4.78 is 51.2. The lowest BCUT2D eigenvalue weighted by molar-refractivity contribution is -0.147. The van der Waals surface area contributed by atoms with Crippen molar-refractivity contribution in [1.29, 1.82) is 0 Å². The SMILES string of the molecule is CCOC(=O)C1=C(CN2CC(F)(F)C3C2C=NN3CCC(C)(C)C(=O)O)NC(c2nccs2)=NC1c1cccc(F)c1C. The number of nitrogens with one attached hydrogen (secondary N) is 1. The third-order valence-electron chi connectivity index (χ3n) is 8.05. The fraction of sp³-hybridized carbons (Fsp3) is 0.483. The fourth-order valence-electron chi connectivity index (χ4n) is 5.54. The number of ether oxygens (including phenoxy) is 1. The Morgan fingerprint density at radius 3 is 2.74 bits per heavy atom. The number of benzene rings is 1. The van der Waals surface area contributed by atoms with Crippen LogP contribution in [0.15, 0.2) is 51.1 Å². The molecule has 3 unspecified atom stereocenters. The van der Waals surface area contributed by atoms with Crippen molar-refractivity contribution in [3.05, 3.63) is 63.0 Å². The van der Waals surface area contributed by atoms with E-state index in [0.717, 1.165) is 0 Å². The number of carboxylic acid groups (broad SMARTS) is 1. The van der Waals surface area contributed by atoms with Gasteiger partial charge in [-0.05, 0) is 51.3 Å².